The molecule has 34 heavy (non-hydrogen) atoms. The van der Waals surface area contributed by atoms with E-state index in [0.29, 0.717) is 12.5 Å². The molecule has 174 valence electrons. The topological polar surface area (TPSA) is 98.1 Å². The Morgan fingerprint density at radius 2 is 1.79 bits per heavy atom. The number of anilines is 2. The zero-order valence-corrected chi connectivity index (χ0v) is 19.1. The number of amidine groups is 1. The number of nitrogens with zero attached hydrogens (tertiary/aromatic N) is 2. The molecular formula is C27H29N5O2. The average molecular weight is 456 g/mol. The van der Waals surface area contributed by atoms with E-state index in [4.69, 9.17) is 26.0 Å². The van der Waals surface area contributed by atoms with Crippen LogP contribution in [0.1, 0.15) is 47.2 Å². The molecule has 1 fully saturated rings. The monoisotopic (exact) mass is 455 g/mol. The highest BCUT2D eigenvalue weighted by Gasteiger charge is 2.31. The van der Waals surface area contributed by atoms with Gasteiger partial charge in [-0.05, 0) is 54.2 Å². The Labute approximate surface area is 199 Å². The van der Waals surface area contributed by atoms with Crippen molar-refractivity contribution in [3.05, 3.63) is 101 Å². The molecule has 3 aromatic carbocycles. The number of ether oxygens (including phenoxy) is 2. The van der Waals surface area contributed by atoms with Crippen molar-refractivity contribution < 1.29 is 9.47 Å². The maximum absolute atomic E-state index is 6.34. The van der Waals surface area contributed by atoms with Gasteiger partial charge in [0.15, 0.2) is 6.23 Å². The summed E-state index contributed by atoms with van der Waals surface area (Å²) < 4.78 is 12.1. The zero-order chi connectivity index (χ0) is 23.5. The van der Waals surface area contributed by atoms with Crippen molar-refractivity contribution in [1.29, 1.82) is 0 Å². The Balaban J connectivity index is 1.43. The number of fused-ring (bicyclic) bond motifs is 1. The van der Waals surface area contributed by atoms with E-state index in [9.17, 15) is 0 Å². The molecule has 0 radical (unpaired) electrons. The van der Waals surface area contributed by atoms with Crippen LogP contribution in [0.2, 0.25) is 0 Å². The first-order valence-corrected chi connectivity index (χ1v) is 11.4. The normalized spacial score (nSPS) is 17.1. The maximum Gasteiger partial charge on any atom is 0.178 e. The van der Waals surface area contributed by atoms with Crippen molar-refractivity contribution in [2.24, 2.45) is 16.6 Å². The number of hydrogen-bond acceptors (Lipinski definition) is 7. The van der Waals surface area contributed by atoms with Gasteiger partial charge in [-0.15, -0.1) is 0 Å². The highest BCUT2D eigenvalue weighted by molar-refractivity contribution is 6.12. The first-order valence-electron chi connectivity index (χ1n) is 11.4. The molecule has 3 aromatic rings. The number of hydrazine groups is 1. The van der Waals surface area contributed by atoms with Crippen LogP contribution in [0, 0.1) is 0 Å². The van der Waals surface area contributed by atoms with E-state index in [-0.39, 0.29) is 0 Å². The molecule has 0 spiro atoms. The van der Waals surface area contributed by atoms with Crippen molar-refractivity contribution in [3.63, 3.8) is 0 Å². The number of nitrogens with two attached hydrogens (primary N) is 2. The third-order valence-corrected chi connectivity index (χ3v) is 6.15. The lowest BCUT2D eigenvalue weighted by molar-refractivity contribution is 0.0457. The van der Waals surface area contributed by atoms with Gasteiger partial charge >= 0.3 is 0 Å². The van der Waals surface area contributed by atoms with E-state index < -0.39 is 6.23 Å². The molecule has 0 aromatic heterocycles. The second-order valence-electron chi connectivity index (χ2n) is 8.47. The van der Waals surface area contributed by atoms with Gasteiger partial charge in [-0.3, -0.25) is 5.01 Å². The van der Waals surface area contributed by atoms with Crippen LogP contribution >= 0.6 is 0 Å². The van der Waals surface area contributed by atoms with Crippen LogP contribution in [0.5, 0.6) is 5.75 Å². The van der Waals surface area contributed by atoms with Crippen LogP contribution in [0.4, 0.5) is 11.4 Å². The predicted octanol–water partition coefficient (Wildman–Crippen LogP) is 4.77. The summed E-state index contributed by atoms with van der Waals surface area (Å²) >= 11 is 0. The average Bonchev–Trinajstić information content (AvgIpc) is 3.72. The number of para-hydroxylation sites is 1. The van der Waals surface area contributed by atoms with E-state index in [2.05, 4.69) is 23.5 Å². The summed E-state index contributed by atoms with van der Waals surface area (Å²) in [5.41, 5.74) is 11.6. The fourth-order valence-electron chi connectivity index (χ4n) is 4.25. The fourth-order valence-corrected chi connectivity index (χ4v) is 4.25. The molecule has 5 N–H and O–H groups in total. The van der Waals surface area contributed by atoms with Crippen molar-refractivity contribution in [2.45, 2.75) is 31.6 Å². The van der Waals surface area contributed by atoms with Gasteiger partial charge in [0.2, 0.25) is 0 Å². The molecule has 1 heterocycles. The van der Waals surface area contributed by atoms with Gasteiger partial charge in [0.25, 0.3) is 0 Å². The summed E-state index contributed by atoms with van der Waals surface area (Å²) in [4.78, 5) is 5.01. The summed E-state index contributed by atoms with van der Waals surface area (Å²) in [6, 6.07) is 22.2. The molecule has 2 aliphatic rings. The molecule has 1 aliphatic carbocycles. The van der Waals surface area contributed by atoms with Gasteiger partial charge in [0.1, 0.15) is 11.6 Å². The Hall–Kier alpha value is -3.81. The molecule has 7 heteroatoms. The molecule has 1 saturated carbocycles. The van der Waals surface area contributed by atoms with Gasteiger partial charge < -0.3 is 20.5 Å². The lowest BCUT2D eigenvalue weighted by atomic mass is 9.99. The maximum atomic E-state index is 6.34. The van der Waals surface area contributed by atoms with Crippen LogP contribution in [-0.4, -0.2) is 12.9 Å². The van der Waals surface area contributed by atoms with Gasteiger partial charge in [-0.2, -0.15) is 0 Å². The summed E-state index contributed by atoms with van der Waals surface area (Å²) in [6.07, 6.45) is 4.96. The molecule has 0 saturated heterocycles. The standard InChI is InChI=1S/C27H29N5O2/c1-33-24-8-4-6-21(19-11-12-19)25(24)26-30-23-7-3-2-5-22(23)27(31-26)34-17-18-9-13-20(14-10-18)32(29)16-15-28/h2-10,13-16,19,27H,11-12,17,28-29H2,1H3,(H,30,31)/b16-15-. The summed E-state index contributed by atoms with van der Waals surface area (Å²) in [5, 5.41) is 4.99. The van der Waals surface area contributed by atoms with Crippen LogP contribution in [-0.2, 0) is 11.3 Å². The minimum absolute atomic E-state index is 0.411. The second-order valence-corrected chi connectivity index (χ2v) is 8.47. The first-order chi connectivity index (χ1) is 16.7. The van der Waals surface area contributed by atoms with Crippen LogP contribution in [0.3, 0.4) is 0 Å². The van der Waals surface area contributed by atoms with Crippen molar-refractivity contribution in [2.75, 3.05) is 17.4 Å². The van der Waals surface area contributed by atoms with Crippen LogP contribution in [0.25, 0.3) is 0 Å². The highest BCUT2D eigenvalue weighted by atomic mass is 16.5. The number of nitrogens with one attached hydrogen (secondary N) is 1. The van der Waals surface area contributed by atoms with E-state index in [1.54, 1.807) is 13.3 Å². The van der Waals surface area contributed by atoms with Gasteiger partial charge in [0.05, 0.1) is 25.0 Å². The van der Waals surface area contributed by atoms with Gasteiger partial charge in [0, 0.05) is 23.7 Å². The molecular weight excluding hydrogens is 426 g/mol. The summed E-state index contributed by atoms with van der Waals surface area (Å²) in [7, 11) is 1.70. The molecule has 5 rings (SSSR count). The third-order valence-electron chi connectivity index (χ3n) is 6.15. The summed E-state index contributed by atoms with van der Waals surface area (Å²) in [5.74, 6) is 8.09. The van der Waals surface area contributed by atoms with E-state index in [1.165, 1.54) is 29.6 Å². The summed E-state index contributed by atoms with van der Waals surface area (Å²) in [6.45, 7) is 0.411. The molecule has 0 bridgehead atoms. The van der Waals surface area contributed by atoms with Gasteiger partial charge in [-0.1, -0.05) is 42.5 Å². The predicted molar refractivity (Wildman–Crippen MR) is 136 cm³/mol. The largest absolute Gasteiger partial charge is 0.496 e. The molecule has 7 nitrogen and oxygen atoms in total. The first kappa shape index (κ1) is 22.0. The number of hydrogen-bond donors (Lipinski definition) is 3. The molecule has 0 amide bonds. The number of benzene rings is 3. The number of aliphatic imine (C=N–C) groups is 1. The minimum atomic E-state index is -0.435. The zero-order valence-electron chi connectivity index (χ0n) is 19.1. The van der Waals surface area contributed by atoms with Crippen LogP contribution in [0.15, 0.2) is 84.1 Å². The Morgan fingerprint density at radius 1 is 1.03 bits per heavy atom. The lowest BCUT2D eigenvalue weighted by Crippen LogP contribution is -2.24. The van der Waals surface area contributed by atoms with E-state index in [0.717, 1.165) is 39.7 Å². The van der Waals surface area contributed by atoms with Crippen LogP contribution < -0.4 is 26.6 Å². The Kier molecular flexibility index (Phi) is 6.20. The quantitative estimate of drug-likeness (QED) is 0.334. The van der Waals surface area contributed by atoms with Crippen molar-refractivity contribution in [3.8, 4) is 5.75 Å². The van der Waals surface area contributed by atoms with E-state index in [1.807, 2.05) is 48.5 Å². The third kappa shape index (κ3) is 4.48. The Bertz CT molecular complexity index is 1220. The lowest BCUT2D eigenvalue weighted by Gasteiger charge is -2.27. The Morgan fingerprint density at radius 3 is 2.53 bits per heavy atom. The molecule has 1 unspecified atom stereocenters. The molecule has 1 aliphatic heterocycles. The number of methoxy groups -OCH3 is 1. The van der Waals surface area contributed by atoms with Crippen molar-refractivity contribution in [1.82, 2.24) is 0 Å². The highest BCUT2D eigenvalue weighted by Crippen LogP contribution is 2.45. The smallest absolute Gasteiger partial charge is 0.178 e. The SMILES string of the molecule is COc1cccc(C2CC2)c1C1=NC(OCc2ccc(N(N)/C=C\N)cc2)c2ccccc2N1. The van der Waals surface area contributed by atoms with Crippen molar-refractivity contribution >= 4 is 17.2 Å². The van der Waals surface area contributed by atoms with E-state index >= 15 is 0 Å². The minimum Gasteiger partial charge on any atom is -0.496 e. The fraction of sp³-hybridized carbons (Fsp3) is 0.222. The number of rotatable bonds is 8. The second kappa shape index (κ2) is 9.59. The molecule has 1 atom stereocenters. The van der Waals surface area contributed by atoms with Gasteiger partial charge in [-0.25, -0.2) is 10.8 Å².